The maximum absolute atomic E-state index is 12.2. The van der Waals surface area contributed by atoms with Gasteiger partial charge >= 0.3 is 11.9 Å². The fraction of sp³-hybridized carbons (Fsp3) is 0.846. The predicted octanol–water partition coefficient (Wildman–Crippen LogP) is 1.83. The summed E-state index contributed by atoms with van der Waals surface area (Å²) in [6.45, 7) is 0. The molecule has 3 aliphatic carbocycles. The Bertz CT molecular complexity index is 391. The van der Waals surface area contributed by atoms with Gasteiger partial charge in [-0.1, -0.05) is 6.42 Å². The van der Waals surface area contributed by atoms with Gasteiger partial charge in [-0.25, -0.2) is 0 Å². The van der Waals surface area contributed by atoms with Crippen LogP contribution in [0.15, 0.2) is 0 Å². The molecule has 4 heteroatoms. The molecule has 2 bridgehead atoms. The van der Waals surface area contributed by atoms with Gasteiger partial charge in [-0.05, 0) is 43.9 Å². The predicted molar refractivity (Wildman–Crippen MR) is 59.2 cm³/mol. The smallest absolute Gasteiger partial charge is 0.313 e. The average Bonchev–Trinajstić information content (AvgIpc) is 2.97. The number of methoxy groups -OCH3 is 1. The lowest BCUT2D eigenvalue weighted by atomic mass is 9.57. The van der Waals surface area contributed by atoms with Crippen LogP contribution in [0.4, 0.5) is 0 Å². The van der Waals surface area contributed by atoms with Crippen LogP contribution in [0.5, 0.6) is 0 Å². The number of carboxylic acids is 1. The van der Waals surface area contributed by atoms with E-state index in [0.29, 0.717) is 12.8 Å². The summed E-state index contributed by atoms with van der Waals surface area (Å²) in [5.41, 5.74) is -1.53. The first-order valence-electron chi connectivity index (χ1n) is 6.41. The monoisotopic (exact) mass is 238 g/mol. The van der Waals surface area contributed by atoms with Crippen LogP contribution in [0, 0.1) is 22.7 Å². The fourth-order valence-electron chi connectivity index (χ4n) is 5.21. The van der Waals surface area contributed by atoms with E-state index in [0.717, 1.165) is 25.7 Å². The molecule has 94 valence electrons. The summed E-state index contributed by atoms with van der Waals surface area (Å²) in [5, 5.41) is 9.70. The van der Waals surface area contributed by atoms with Gasteiger partial charge in [0.15, 0.2) is 0 Å². The normalized spacial score (nSPS) is 46.9. The second-order valence-electron chi connectivity index (χ2n) is 5.80. The SMILES string of the molecule is COC(=O)C12CCCC1(C(=O)O)C1CCC2C1. The molecule has 0 aliphatic heterocycles. The molecule has 0 aromatic rings. The van der Waals surface area contributed by atoms with Crippen molar-refractivity contribution in [2.75, 3.05) is 7.11 Å². The standard InChI is InChI=1S/C13H18O4/c1-17-11(16)13-6-2-5-12(13,10(14)15)8-3-4-9(13)7-8/h8-9H,2-7H2,1H3,(H,14,15). The third kappa shape index (κ3) is 0.964. The summed E-state index contributed by atoms with van der Waals surface area (Å²) < 4.78 is 4.96. The van der Waals surface area contributed by atoms with Crippen molar-refractivity contribution < 1.29 is 19.4 Å². The van der Waals surface area contributed by atoms with E-state index in [4.69, 9.17) is 4.74 Å². The number of aliphatic carboxylic acids is 1. The Labute approximate surface area is 100 Å². The summed E-state index contributed by atoms with van der Waals surface area (Å²) in [6, 6.07) is 0. The van der Waals surface area contributed by atoms with Crippen LogP contribution in [0.3, 0.4) is 0 Å². The molecule has 17 heavy (non-hydrogen) atoms. The molecule has 0 aromatic carbocycles. The molecule has 0 heterocycles. The number of carbonyl (C=O) groups excluding carboxylic acids is 1. The van der Waals surface area contributed by atoms with Crippen molar-refractivity contribution in [1.29, 1.82) is 0 Å². The minimum Gasteiger partial charge on any atom is -0.481 e. The van der Waals surface area contributed by atoms with E-state index in [1.54, 1.807) is 0 Å². The average molecular weight is 238 g/mol. The molecule has 0 amide bonds. The van der Waals surface area contributed by atoms with Crippen molar-refractivity contribution in [3.8, 4) is 0 Å². The number of ether oxygens (including phenoxy) is 1. The van der Waals surface area contributed by atoms with Crippen molar-refractivity contribution in [3.05, 3.63) is 0 Å². The van der Waals surface area contributed by atoms with Gasteiger partial charge in [-0.3, -0.25) is 9.59 Å². The van der Waals surface area contributed by atoms with Gasteiger partial charge in [0.1, 0.15) is 0 Å². The minimum absolute atomic E-state index is 0.187. The maximum atomic E-state index is 12.2. The van der Waals surface area contributed by atoms with E-state index < -0.39 is 16.8 Å². The molecule has 3 aliphatic rings. The van der Waals surface area contributed by atoms with Crippen LogP contribution in [-0.2, 0) is 14.3 Å². The second-order valence-corrected chi connectivity index (χ2v) is 5.80. The summed E-state index contributed by atoms with van der Waals surface area (Å²) in [6.07, 6.45) is 5.06. The fourth-order valence-corrected chi connectivity index (χ4v) is 5.21. The Balaban J connectivity index is 2.16. The van der Waals surface area contributed by atoms with E-state index in [1.807, 2.05) is 0 Å². The Kier molecular flexibility index (Phi) is 2.11. The maximum Gasteiger partial charge on any atom is 0.313 e. The van der Waals surface area contributed by atoms with Crippen molar-refractivity contribution >= 4 is 11.9 Å². The zero-order valence-electron chi connectivity index (χ0n) is 10.1. The molecule has 3 fully saturated rings. The Morgan fingerprint density at radius 2 is 1.76 bits per heavy atom. The van der Waals surface area contributed by atoms with Gasteiger partial charge in [0.25, 0.3) is 0 Å². The van der Waals surface area contributed by atoms with Gasteiger partial charge in [0, 0.05) is 0 Å². The summed E-state index contributed by atoms with van der Waals surface area (Å²) in [7, 11) is 1.38. The summed E-state index contributed by atoms with van der Waals surface area (Å²) in [4.78, 5) is 24.0. The van der Waals surface area contributed by atoms with E-state index in [-0.39, 0.29) is 17.8 Å². The molecule has 3 saturated carbocycles. The van der Waals surface area contributed by atoms with Gasteiger partial charge in [0.2, 0.25) is 0 Å². The third-order valence-corrected chi connectivity index (χ3v) is 5.70. The Hall–Kier alpha value is -1.06. The van der Waals surface area contributed by atoms with Crippen LogP contribution in [0.25, 0.3) is 0 Å². The van der Waals surface area contributed by atoms with Crippen LogP contribution in [-0.4, -0.2) is 24.2 Å². The number of rotatable bonds is 2. The zero-order chi connectivity index (χ0) is 12.3. The lowest BCUT2D eigenvalue weighted by Crippen LogP contribution is -2.53. The van der Waals surface area contributed by atoms with Gasteiger partial charge in [-0.2, -0.15) is 0 Å². The molecular weight excluding hydrogens is 220 g/mol. The van der Waals surface area contributed by atoms with Gasteiger partial charge in [0.05, 0.1) is 17.9 Å². The lowest BCUT2D eigenvalue weighted by Gasteiger charge is -2.43. The molecule has 3 rings (SSSR count). The molecule has 0 aromatic heterocycles. The first kappa shape index (κ1) is 11.1. The Morgan fingerprint density at radius 3 is 2.35 bits per heavy atom. The highest BCUT2D eigenvalue weighted by molar-refractivity contribution is 5.90. The van der Waals surface area contributed by atoms with Gasteiger partial charge in [-0.15, -0.1) is 0 Å². The number of carboxylic acid groups (broad SMARTS) is 1. The van der Waals surface area contributed by atoms with E-state index in [2.05, 4.69) is 0 Å². The highest BCUT2D eigenvalue weighted by Crippen LogP contribution is 2.73. The lowest BCUT2D eigenvalue weighted by molar-refractivity contribution is -0.179. The number of esters is 1. The molecular formula is C13H18O4. The van der Waals surface area contributed by atoms with Crippen LogP contribution in [0.2, 0.25) is 0 Å². The molecule has 4 nitrogen and oxygen atoms in total. The first-order valence-corrected chi connectivity index (χ1v) is 6.41. The van der Waals surface area contributed by atoms with Crippen molar-refractivity contribution in [3.63, 3.8) is 0 Å². The summed E-state index contributed by atoms with van der Waals surface area (Å²) >= 11 is 0. The van der Waals surface area contributed by atoms with E-state index in [1.165, 1.54) is 7.11 Å². The molecule has 1 N–H and O–H groups in total. The second kappa shape index (κ2) is 3.24. The van der Waals surface area contributed by atoms with Crippen molar-refractivity contribution in [2.45, 2.75) is 38.5 Å². The zero-order valence-corrected chi connectivity index (χ0v) is 10.1. The summed E-state index contributed by atoms with van der Waals surface area (Å²) in [5.74, 6) is -0.623. The number of carbonyl (C=O) groups is 2. The van der Waals surface area contributed by atoms with E-state index in [9.17, 15) is 14.7 Å². The molecule has 0 radical (unpaired) electrons. The highest BCUT2D eigenvalue weighted by Gasteiger charge is 2.76. The quantitative estimate of drug-likeness (QED) is 0.745. The third-order valence-electron chi connectivity index (χ3n) is 5.70. The van der Waals surface area contributed by atoms with Crippen LogP contribution >= 0.6 is 0 Å². The minimum atomic E-state index is -0.816. The van der Waals surface area contributed by atoms with Crippen molar-refractivity contribution in [2.24, 2.45) is 22.7 Å². The Morgan fingerprint density at radius 1 is 1.18 bits per heavy atom. The number of fused-ring (bicyclic) bond motifs is 5. The molecule has 0 spiro atoms. The topological polar surface area (TPSA) is 63.6 Å². The van der Waals surface area contributed by atoms with Crippen LogP contribution in [0.1, 0.15) is 38.5 Å². The molecule has 4 unspecified atom stereocenters. The molecule has 0 saturated heterocycles. The highest BCUT2D eigenvalue weighted by atomic mass is 16.5. The number of hydrogen-bond acceptors (Lipinski definition) is 3. The van der Waals surface area contributed by atoms with Crippen LogP contribution < -0.4 is 0 Å². The first-order chi connectivity index (χ1) is 8.09. The van der Waals surface area contributed by atoms with Crippen molar-refractivity contribution in [1.82, 2.24) is 0 Å². The largest absolute Gasteiger partial charge is 0.481 e. The van der Waals surface area contributed by atoms with Gasteiger partial charge < -0.3 is 9.84 Å². The number of hydrogen-bond donors (Lipinski definition) is 1. The molecule has 4 atom stereocenters. The van der Waals surface area contributed by atoms with E-state index >= 15 is 0 Å².